The van der Waals surface area contributed by atoms with Gasteiger partial charge < -0.3 is 19.7 Å². The molecule has 2 aromatic rings. The van der Waals surface area contributed by atoms with Gasteiger partial charge in [-0.3, -0.25) is 9.52 Å². The van der Waals surface area contributed by atoms with Gasteiger partial charge in [-0.25, -0.2) is 12.8 Å². The van der Waals surface area contributed by atoms with Crippen LogP contribution in [0.1, 0.15) is 25.7 Å². The van der Waals surface area contributed by atoms with E-state index in [0.29, 0.717) is 18.7 Å². The molecule has 0 atom stereocenters. The Kier molecular flexibility index (Phi) is 7.92. The van der Waals surface area contributed by atoms with E-state index < -0.39 is 20.7 Å². The summed E-state index contributed by atoms with van der Waals surface area (Å²) < 4.78 is 52.3. The van der Waals surface area contributed by atoms with E-state index in [1.807, 2.05) is 0 Å². The Bertz CT molecular complexity index is 1060. The standard InChI is InChI=1S/C22H28FN3O5S/c1-30-19-14-18(23)21(15-20(19)31-2)32(28,29)25-17-8-6-7-16(13-17)24-22(27)9-12-26-10-4-3-5-11-26/h6-8,13-15,25H,3-5,9-12H2,1-2H3,(H,24,27). The predicted octanol–water partition coefficient (Wildman–Crippen LogP) is 3.46. The van der Waals surface area contributed by atoms with E-state index >= 15 is 0 Å². The average Bonchev–Trinajstić information content (AvgIpc) is 2.78. The monoisotopic (exact) mass is 465 g/mol. The summed E-state index contributed by atoms with van der Waals surface area (Å²) in [5, 5.41) is 2.78. The molecule has 1 saturated heterocycles. The minimum atomic E-state index is -4.25. The number of sulfonamides is 1. The molecular weight excluding hydrogens is 437 g/mol. The summed E-state index contributed by atoms with van der Waals surface area (Å²) in [6, 6.07) is 8.26. The molecule has 1 heterocycles. The molecule has 0 spiro atoms. The van der Waals surface area contributed by atoms with E-state index in [4.69, 9.17) is 9.47 Å². The van der Waals surface area contributed by atoms with Gasteiger partial charge in [0.2, 0.25) is 5.91 Å². The normalized spacial score (nSPS) is 14.6. The van der Waals surface area contributed by atoms with Crippen molar-refractivity contribution in [3.63, 3.8) is 0 Å². The molecule has 0 aliphatic carbocycles. The molecule has 32 heavy (non-hydrogen) atoms. The van der Waals surface area contributed by atoms with Gasteiger partial charge in [0, 0.05) is 30.8 Å². The molecule has 0 unspecified atom stereocenters. The molecule has 1 aliphatic heterocycles. The molecule has 10 heteroatoms. The Morgan fingerprint density at radius 3 is 2.38 bits per heavy atom. The minimum absolute atomic E-state index is 0.0817. The Balaban J connectivity index is 1.67. The molecular formula is C22H28FN3O5S. The van der Waals surface area contributed by atoms with Crippen LogP contribution in [-0.4, -0.2) is 53.1 Å². The fourth-order valence-electron chi connectivity index (χ4n) is 3.58. The Labute approximate surface area is 187 Å². The fourth-order valence-corrected chi connectivity index (χ4v) is 4.70. The van der Waals surface area contributed by atoms with Gasteiger partial charge in [0.15, 0.2) is 11.5 Å². The lowest BCUT2D eigenvalue weighted by Crippen LogP contribution is -2.32. The summed E-state index contributed by atoms with van der Waals surface area (Å²) in [6.45, 7) is 2.71. The lowest BCUT2D eigenvalue weighted by atomic mass is 10.1. The van der Waals surface area contributed by atoms with Gasteiger partial charge in [0.05, 0.1) is 19.9 Å². The number of amides is 1. The van der Waals surface area contributed by atoms with Crippen molar-refractivity contribution in [2.24, 2.45) is 0 Å². The molecule has 174 valence electrons. The predicted molar refractivity (Wildman–Crippen MR) is 120 cm³/mol. The van der Waals surface area contributed by atoms with Crippen LogP contribution in [0, 0.1) is 5.82 Å². The third kappa shape index (κ3) is 6.10. The number of methoxy groups -OCH3 is 2. The first-order valence-corrected chi connectivity index (χ1v) is 11.9. The van der Waals surface area contributed by atoms with Gasteiger partial charge in [0.1, 0.15) is 10.7 Å². The molecule has 2 N–H and O–H groups in total. The Morgan fingerprint density at radius 2 is 1.69 bits per heavy atom. The van der Waals surface area contributed by atoms with E-state index in [2.05, 4.69) is 14.9 Å². The summed E-state index contributed by atoms with van der Waals surface area (Å²) in [5.41, 5.74) is 0.634. The van der Waals surface area contributed by atoms with Crippen molar-refractivity contribution in [3.8, 4) is 11.5 Å². The topological polar surface area (TPSA) is 97.0 Å². The molecule has 1 aliphatic rings. The van der Waals surface area contributed by atoms with E-state index in [-0.39, 0.29) is 23.1 Å². The largest absolute Gasteiger partial charge is 0.493 e. The number of nitrogens with zero attached hydrogens (tertiary/aromatic N) is 1. The third-order valence-electron chi connectivity index (χ3n) is 5.23. The zero-order valence-electron chi connectivity index (χ0n) is 18.2. The SMILES string of the molecule is COc1cc(F)c(S(=O)(=O)Nc2cccc(NC(=O)CCN3CCCCC3)c2)cc1OC. The smallest absolute Gasteiger partial charge is 0.264 e. The van der Waals surface area contributed by atoms with Crippen molar-refractivity contribution in [1.29, 1.82) is 0 Å². The van der Waals surface area contributed by atoms with Crippen LogP contribution < -0.4 is 19.5 Å². The highest BCUT2D eigenvalue weighted by molar-refractivity contribution is 7.92. The van der Waals surface area contributed by atoms with Crippen molar-refractivity contribution in [3.05, 3.63) is 42.2 Å². The first-order chi connectivity index (χ1) is 15.3. The average molecular weight is 466 g/mol. The zero-order valence-corrected chi connectivity index (χ0v) is 19.0. The van der Waals surface area contributed by atoms with E-state index in [1.54, 1.807) is 12.1 Å². The minimum Gasteiger partial charge on any atom is -0.493 e. The van der Waals surface area contributed by atoms with Gasteiger partial charge in [-0.15, -0.1) is 0 Å². The van der Waals surface area contributed by atoms with Crippen molar-refractivity contribution < 1.29 is 27.1 Å². The number of piperidine rings is 1. The number of halogens is 1. The molecule has 0 radical (unpaired) electrons. The lowest BCUT2D eigenvalue weighted by Gasteiger charge is -2.25. The maximum absolute atomic E-state index is 14.4. The molecule has 2 aromatic carbocycles. The number of ether oxygens (including phenoxy) is 2. The van der Waals surface area contributed by atoms with Crippen LogP contribution in [0.5, 0.6) is 11.5 Å². The second-order valence-corrected chi connectivity index (χ2v) is 9.18. The molecule has 8 nitrogen and oxygen atoms in total. The zero-order chi connectivity index (χ0) is 23.1. The molecule has 0 saturated carbocycles. The van der Waals surface area contributed by atoms with E-state index in [1.165, 1.54) is 32.8 Å². The third-order valence-corrected chi connectivity index (χ3v) is 6.63. The van der Waals surface area contributed by atoms with Crippen molar-refractivity contribution >= 4 is 27.3 Å². The summed E-state index contributed by atoms with van der Waals surface area (Å²) in [7, 11) is -1.59. The molecule has 1 fully saturated rings. The maximum Gasteiger partial charge on any atom is 0.264 e. The highest BCUT2D eigenvalue weighted by Crippen LogP contribution is 2.32. The highest BCUT2D eigenvalue weighted by atomic mass is 32.2. The summed E-state index contributed by atoms with van der Waals surface area (Å²) in [5.74, 6) is -0.957. The number of likely N-dealkylation sites (tertiary alicyclic amines) is 1. The number of hydrogen-bond acceptors (Lipinski definition) is 6. The van der Waals surface area contributed by atoms with E-state index in [9.17, 15) is 17.6 Å². The molecule has 0 aromatic heterocycles. The van der Waals surface area contributed by atoms with Crippen molar-refractivity contribution in [2.75, 3.05) is 43.9 Å². The van der Waals surface area contributed by atoms with E-state index in [0.717, 1.165) is 38.1 Å². The molecule has 0 bridgehead atoms. The fraction of sp³-hybridized carbons (Fsp3) is 0.409. The highest BCUT2D eigenvalue weighted by Gasteiger charge is 2.23. The number of hydrogen-bond donors (Lipinski definition) is 2. The second-order valence-electron chi connectivity index (χ2n) is 7.52. The molecule has 3 rings (SSSR count). The number of anilines is 2. The first kappa shape index (κ1) is 23.8. The van der Waals surface area contributed by atoms with Crippen LogP contribution in [0.15, 0.2) is 41.3 Å². The Hall–Kier alpha value is -2.85. The first-order valence-electron chi connectivity index (χ1n) is 10.4. The quantitative estimate of drug-likeness (QED) is 0.589. The van der Waals surface area contributed by atoms with Gasteiger partial charge >= 0.3 is 0 Å². The summed E-state index contributed by atoms with van der Waals surface area (Å²) in [4.78, 5) is 14.0. The number of benzene rings is 2. The van der Waals surface area contributed by atoms with Gasteiger partial charge in [-0.1, -0.05) is 12.5 Å². The van der Waals surface area contributed by atoms with Crippen LogP contribution in [0.25, 0.3) is 0 Å². The lowest BCUT2D eigenvalue weighted by molar-refractivity contribution is -0.116. The van der Waals surface area contributed by atoms with Gasteiger partial charge in [-0.2, -0.15) is 0 Å². The number of carbonyl (C=O) groups excluding carboxylic acids is 1. The summed E-state index contributed by atoms with van der Waals surface area (Å²) >= 11 is 0. The van der Waals surface area contributed by atoms with Crippen LogP contribution in [-0.2, 0) is 14.8 Å². The maximum atomic E-state index is 14.4. The van der Waals surface area contributed by atoms with Crippen LogP contribution in [0.2, 0.25) is 0 Å². The van der Waals surface area contributed by atoms with Crippen LogP contribution in [0.4, 0.5) is 15.8 Å². The second kappa shape index (κ2) is 10.6. The van der Waals surface area contributed by atoms with Gasteiger partial charge in [-0.05, 0) is 44.1 Å². The molecule has 1 amide bonds. The van der Waals surface area contributed by atoms with Crippen LogP contribution >= 0.6 is 0 Å². The van der Waals surface area contributed by atoms with Crippen molar-refractivity contribution in [2.45, 2.75) is 30.6 Å². The number of nitrogens with one attached hydrogen (secondary N) is 2. The number of rotatable bonds is 9. The van der Waals surface area contributed by atoms with Crippen LogP contribution in [0.3, 0.4) is 0 Å². The number of carbonyl (C=O) groups is 1. The van der Waals surface area contributed by atoms with Crippen molar-refractivity contribution in [1.82, 2.24) is 4.90 Å². The van der Waals surface area contributed by atoms with Gasteiger partial charge in [0.25, 0.3) is 10.0 Å². The summed E-state index contributed by atoms with van der Waals surface area (Å²) in [6.07, 6.45) is 3.90. The Morgan fingerprint density at radius 1 is 1.03 bits per heavy atom.